The largest absolute Gasteiger partial charge is 0.392 e. The first-order valence-corrected chi connectivity index (χ1v) is 9.72. The van der Waals surface area contributed by atoms with Crippen LogP contribution >= 0.6 is 27.7 Å². The Labute approximate surface area is 132 Å². The summed E-state index contributed by atoms with van der Waals surface area (Å²) in [5.74, 6) is 1.84. The maximum absolute atomic E-state index is 12.8. The van der Waals surface area contributed by atoms with Gasteiger partial charge in [-0.3, -0.25) is 0 Å². The van der Waals surface area contributed by atoms with Crippen molar-refractivity contribution in [2.45, 2.75) is 30.9 Å². The first kappa shape index (κ1) is 16.3. The standard InChI is InChI=1S/C13H18BrNO3S2/c1-9-5-10(7-16)6-12(13(9)14)20(17,18)15(2)11-3-4-19-8-11/h5-6,11,16H,3-4,7-8H2,1-2H3. The minimum atomic E-state index is -3.55. The highest BCUT2D eigenvalue weighted by Gasteiger charge is 2.32. The molecule has 1 aromatic carbocycles. The number of hydrogen-bond acceptors (Lipinski definition) is 4. The number of nitrogens with zero attached hydrogens (tertiary/aromatic N) is 1. The number of benzene rings is 1. The van der Waals surface area contributed by atoms with Crippen LogP contribution in [-0.2, 0) is 16.6 Å². The van der Waals surface area contributed by atoms with Crippen LogP contribution in [0.4, 0.5) is 0 Å². The highest BCUT2D eigenvalue weighted by atomic mass is 79.9. The molecule has 0 radical (unpaired) electrons. The van der Waals surface area contributed by atoms with E-state index in [-0.39, 0.29) is 17.5 Å². The van der Waals surface area contributed by atoms with Gasteiger partial charge in [-0.1, -0.05) is 6.07 Å². The van der Waals surface area contributed by atoms with E-state index >= 15 is 0 Å². The van der Waals surface area contributed by atoms with Crippen molar-refractivity contribution in [3.8, 4) is 0 Å². The molecular weight excluding hydrogens is 362 g/mol. The number of sulfonamides is 1. The average Bonchev–Trinajstić information content (AvgIpc) is 2.94. The molecule has 0 spiro atoms. The smallest absolute Gasteiger partial charge is 0.244 e. The Kier molecular flexibility index (Phi) is 5.18. The van der Waals surface area contributed by atoms with E-state index in [4.69, 9.17) is 0 Å². The third-order valence-electron chi connectivity index (χ3n) is 3.54. The number of aliphatic hydroxyl groups is 1. The fourth-order valence-corrected chi connectivity index (χ4v) is 6.02. The van der Waals surface area contributed by atoms with E-state index in [1.165, 1.54) is 4.31 Å². The summed E-state index contributed by atoms with van der Waals surface area (Å²) in [6.45, 7) is 1.66. The first-order chi connectivity index (χ1) is 9.37. The lowest BCUT2D eigenvalue weighted by Gasteiger charge is -2.24. The molecule has 112 valence electrons. The number of aliphatic hydroxyl groups excluding tert-OH is 1. The van der Waals surface area contributed by atoms with Gasteiger partial charge in [0.05, 0.1) is 11.5 Å². The summed E-state index contributed by atoms with van der Waals surface area (Å²) in [6, 6.07) is 3.38. The van der Waals surface area contributed by atoms with E-state index in [0.29, 0.717) is 10.0 Å². The molecule has 0 saturated carbocycles. The zero-order valence-electron chi connectivity index (χ0n) is 11.5. The molecule has 4 nitrogen and oxygen atoms in total. The molecular formula is C13H18BrNO3S2. The number of aryl methyl sites for hydroxylation is 1. The van der Waals surface area contributed by atoms with Crippen LogP contribution in [0.1, 0.15) is 17.5 Å². The summed E-state index contributed by atoms with van der Waals surface area (Å²) < 4.78 is 27.6. The van der Waals surface area contributed by atoms with Crippen LogP contribution < -0.4 is 0 Å². The van der Waals surface area contributed by atoms with Crippen LogP contribution in [-0.4, -0.2) is 42.4 Å². The molecule has 2 rings (SSSR count). The van der Waals surface area contributed by atoms with Gasteiger partial charge in [-0.15, -0.1) is 0 Å². The van der Waals surface area contributed by atoms with Crippen molar-refractivity contribution in [1.29, 1.82) is 0 Å². The Morgan fingerprint density at radius 1 is 1.50 bits per heavy atom. The molecule has 1 fully saturated rings. The Bertz CT molecular complexity index is 598. The Morgan fingerprint density at radius 2 is 2.20 bits per heavy atom. The van der Waals surface area contributed by atoms with Crippen LogP contribution in [0.3, 0.4) is 0 Å². The van der Waals surface area contributed by atoms with Gasteiger partial charge in [0.1, 0.15) is 0 Å². The quantitative estimate of drug-likeness (QED) is 0.872. The van der Waals surface area contributed by atoms with Crippen molar-refractivity contribution in [3.05, 3.63) is 27.7 Å². The van der Waals surface area contributed by atoms with Gasteiger partial charge in [0.2, 0.25) is 10.0 Å². The summed E-state index contributed by atoms with van der Waals surface area (Å²) in [7, 11) is -1.91. The second-order valence-electron chi connectivity index (χ2n) is 4.92. The second kappa shape index (κ2) is 6.36. The second-order valence-corrected chi connectivity index (χ2v) is 8.83. The van der Waals surface area contributed by atoms with Crippen molar-refractivity contribution < 1.29 is 13.5 Å². The molecule has 1 N–H and O–H groups in total. The molecule has 1 saturated heterocycles. The number of thioether (sulfide) groups is 1. The monoisotopic (exact) mass is 379 g/mol. The summed E-state index contributed by atoms with van der Waals surface area (Å²) in [5, 5.41) is 9.27. The third kappa shape index (κ3) is 3.06. The van der Waals surface area contributed by atoms with Gasteiger partial charge in [0.25, 0.3) is 0 Å². The Balaban J connectivity index is 2.45. The number of halogens is 1. The molecule has 1 aliphatic rings. The van der Waals surface area contributed by atoms with E-state index in [9.17, 15) is 13.5 Å². The van der Waals surface area contributed by atoms with Crippen molar-refractivity contribution in [3.63, 3.8) is 0 Å². The molecule has 20 heavy (non-hydrogen) atoms. The fraction of sp³-hybridized carbons (Fsp3) is 0.538. The Hall–Kier alpha value is -0.0800. The minimum Gasteiger partial charge on any atom is -0.392 e. The normalized spacial score (nSPS) is 19.8. The van der Waals surface area contributed by atoms with Crippen LogP contribution in [0.15, 0.2) is 21.5 Å². The predicted molar refractivity (Wildman–Crippen MR) is 85.5 cm³/mol. The molecule has 0 amide bonds. The van der Waals surface area contributed by atoms with Gasteiger partial charge in [-0.25, -0.2) is 8.42 Å². The zero-order chi connectivity index (χ0) is 14.9. The van der Waals surface area contributed by atoms with Gasteiger partial charge in [0, 0.05) is 23.3 Å². The van der Waals surface area contributed by atoms with Crippen LogP contribution in [0.25, 0.3) is 0 Å². The van der Waals surface area contributed by atoms with E-state index < -0.39 is 10.0 Å². The van der Waals surface area contributed by atoms with E-state index in [2.05, 4.69) is 15.9 Å². The predicted octanol–water partition coefficient (Wildman–Crippen LogP) is 2.38. The van der Waals surface area contributed by atoms with Gasteiger partial charge in [-0.2, -0.15) is 16.1 Å². The summed E-state index contributed by atoms with van der Waals surface area (Å²) in [5.41, 5.74) is 1.42. The molecule has 1 atom stereocenters. The van der Waals surface area contributed by atoms with Crippen LogP contribution in [0.5, 0.6) is 0 Å². The highest BCUT2D eigenvalue weighted by molar-refractivity contribution is 9.10. The van der Waals surface area contributed by atoms with Crippen molar-refractivity contribution in [2.24, 2.45) is 0 Å². The average molecular weight is 380 g/mol. The highest BCUT2D eigenvalue weighted by Crippen LogP contribution is 2.32. The Morgan fingerprint density at radius 3 is 2.75 bits per heavy atom. The number of hydrogen-bond donors (Lipinski definition) is 1. The van der Waals surface area contributed by atoms with Gasteiger partial charge in [-0.05, 0) is 52.2 Å². The first-order valence-electron chi connectivity index (χ1n) is 6.33. The molecule has 0 aliphatic carbocycles. The van der Waals surface area contributed by atoms with Crippen LogP contribution in [0, 0.1) is 6.92 Å². The van der Waals surface area contributed by atoms with Gasteiger partial charge < -0.3 is 5.11 Å². The number of rotatable bonds is 4. The summed E-state index contributed by atoms with van der Waals surface area (Å²) >= 11 is 5.14. The SMILES string of the molecule is Cc1cc(CO)cc(S(=O)(=O)N(C)C2CCSC2)c1Br. The van der Waals surface area contributed by atoms with Gasteiger partial charge >= 0.3 is 0 Å². The van der Waals surface area contributed by atoms with Crippen molar-refractivity contribution in [2.75, 3.05) is 18.6 Å². The molecule has 0 aromatic heterocycles. The minimum absolute atomic E-state index is 0.0509. The van der Waals surface area contributed by atoms with Crippen molar-refractivity contribution >= 4 is 37.7 Å². The molecule has 7 heteroatoms. The maximum Gasteiger partial charge on any atom is 0.244 e. The molecule has 1 heterocycles. The lowest BCUT2D eigenvalue weighted by Crippen LogP contribution is -2.37. The molecule has 0 bridgehead atoms. The lowest BCUT2D eigenvalue weighted by atomic mass is 10.1. The fourth-order valence-electron chi connectivity index (χ4n) is 2.25. The lowest BCUT2D eigenvalue weighted by molar-refractivity contribution is 0.281. The third-order valence-corrected chi connectivity index (χ3v) is 7.93. The summed E-state index contributed by atoms with van der Waals surface area (Å²) in [4.78, 5) is 0.237. The summed E-state index contributed by atoms with van der Waals surface area (Å²) in [6.07, 6.45) is 0.886. The molecule has 1 aromatic rings. The van der Waals surface area contributed by atoms with Crippen molar-refractivity contribution in [1.82, 2.24) is 4.31 Å². The maximum atomic E-state index is 12.8. The molecule has 1 aliphatic heterocycles. The van der Waals surface area contributed by atoms with E-state index in [1.807, 2.05) is 6.92 Å². The van der Waals surface area contributed by atoms with Gasteiger partial charge in [0.15, 0.2) is 0 Å². The van der Waals surface area contributed by atoms with Crippen LogP contribution in [0.2, 0.25) is 0 Å². The topological polar surface area (TPSA) is 57.6 Å². The zero-order valence-corrected chi connectivity index (χ0v) is 14.7. The van der Waals surface area contributed by atoms with E-state index in [1.54, 1.807) is 30.9 Å². The van der Waals surface area contributed by atoms with E-state index in [0.717, 1.165) is 23.5 Å². The molecule has 1 unspecified atom stereocenters.